The fourth-order valence-corrected chi connectivity index (χ4v) is 3.21. The first-order chi connectivity index (χ1) is 11.2. The van der Waals surface area contributed by atoms with Crippen molar-refractivity contribution in [2.45, 2.75) is 19.3 Å². The van der Waals surface area contributed by atoms with E-state index in [1.165, 1.54) is 5.56 Å². The minimum atomic E-state index is 0.0683. The van der Waals surface area contributed by atoms with Gasteiger partial charge in [0.25, 0.3) is 0 Å². The van der Waals surface area contributed by atoms with Crippen molar-refractivity contribution in [3.05, 3.63) is 47.6 Å². The van der Waals surface area contributed by atoms with Crippen molar-refractivity contribution in [1.82, 2.24) is 15.0 Å². The zero-order chi connectivity index (χ0) is 16.2. The molecule has 6 heteroatoms. The summed E-state index contributed by atoms with van der Waals surface area (Å²) in [6.45, 7) is 3.89. The number of hydrogen-bond acceptors (Lipinski definition) is 5. The van der Waals surface area contributed by atoms with Crippen molar-refractivity contribution in [3.63, 3.8) is 0 Å². The topological polar surface area (TPSA) is 68.5 Å². The highest BCUT2D eigenvalue weighted by atomic mass is 16.5. The number of carbonyl (C=O) groups is 1. The van der Waals surface area contributed by atoms with E-state index in [1.54, 1.807) is 25.6 Å². The summed E-state index contributed by atoms with van der Waals surface area (Å²) in [7, 11) is 1.70. The number of amides is 1. The molecule has 1 aliphatic heterocycles. The number of aromatic nitrogens is 2. The number of aryl methyl sites for hydroxylation is 1. The summed E-state index contributed by atoms with van der Waals surface area (Å²) in [4.78, 5) is 18.5. The molecular formula is C17H21N3O3. The standard InChI is InChI=1S/C17H21N3O3/c1-12-7-15(23-19-12)8-17(21)20-9-14(11-22-2)16(10-20)13-3-5-18-6-4-13/h3-7,14,16H,8-11H2,1-2H3/t14-,16-/m0/s1. The molecule has 1 fully saturated rings. The molecule has 1 aliphatic rings. The number of hydrogen-bond donors (Lipinski definition) is 0. The Balaban J connectivity index is 1.70. The largest absolute Gasteiger partial charge is 0.384 e. The number of nitrogens with zero attached hydrogens (tertiary/aromatic N) is 3. The Kier molecular flexibility index (Phi) is 4.71. The second-order valence-electron chi connectivity index (χ2n) is 6.01. The monoisotopic (exact) mass is 315 g/mol. The Bertz CT molecular complexity index is 656. The van der Waals surface area contributed by atoms with Gasteiger partial charge in [-0.3, -0.25) is 9.78 Å². The summed E-state index contributed by atoms with van der Waals surface area (Å²) in [5.74, 6) is 1.25. The van der Waals surface area contributed by atoms with Crippen LogP contribution in [0.25, 0.3) is 0 Å². The van der Waals surface area contributed by atoms with Crippen LogP contribution >= 0.6 is 0 Å². The van der Waals surface area contributed by atoms with E-state index < -0.39 is 0 Å². The molecule has 3 heterocycles. The van der Waals surface area contributed by atoms with Crippen LogP contribution in [-0.4, -0.2) is 47.8 Å². The lowest BCUT2D eigenvalue weighted by atomic mass is 9.90. The Morgan fingerprint density at radius 1 is 1.39 bits per heavy atom. The van der Waals surface area contributed by atoms with Crippen LogP contribution in [-0.2, 0) is 16.0 Å². The number of methoxy groups -OCH3 is 1. The van der Waals surface area contributed by atoms with Crippen molar-refractivity contribution < 1.29 is 14.1 Å². The lowest BCUT2D eigenvalue weighted by molar-refractivity contribution is -0.130. The molecule has 0 unspecified atom stereocenters. The van der Waals surface area contributed by atoms with Crippen LogP contribution in [0.5, 0.6) is 0 Å². The SMILES string of the molecule is COC[C@@H]1CN(C(=O)Cc2cc(C)no2)C[C@H]1c1ccncc1. The third kappa shape index (κ3) is 3.59. The molecule has 2 atom stereocenters. The van der Waals surface area contributed by atoms with Crippen molar-refractivity contribution >= 4 is 5.91 Å². The summed E-state index contributed by atoms with van der Waals surface area (Å²) < 4.78 is 10.5. The molecule has 3 rings (SSSR count). The van der Waals surface area contributed by atoms with Gasteiger partial charge in [-0.25, -0.2) is 0 Å². The van der Waals surface area contributed by atoms with Gasteiger partial charge in [-0.1, -0.05) is 5.16 Å². The van der Waals surface area contributed by atoms with E-state index in [2.05, 4.69) is 10.1 Å². The molecule has 23 heavy (non-hydrogen) atoms. The smallest absolute Gasteiger partial charge is 0.230 e. The van der Waals surface area contributed by atoms with Gasteiger partial charge in [-0.05, 0) is 24.6 Å². The predicted molar refractivity (Wildman–Crippen MR) is 83.9 cm³/mol. The normalized spacial score (nSPS) is 20.9. The van der Waals surface area contributed by atoms with Crippen LogP contribution in [0.1, 0.15) is 22.9 Å². The molecule has 0 spiro atoms. The zero-order valence-electron chi connectivity index (χ0n) is 13.4. The van der Waals surface area contributed by atoms with E-state index >= 15 is 0 Å². The fraction of sp³-hybridized carbons (Fsp3) is 0.471. The van der Waals surface area contributed by atoms with E-state index in [0.717, 1.165) is 5.69 Å². The zero-order valence-corrected chi connectivity index (χ0v) is 13.4. The van der Waals surface area contributed by atoms with Gasteiger partial charge in [0.1, 0.15) is 5.76 Å². The summed E-state index contributed by atoms with van der Waals surface area (Å²) >= 11 is 0. The molecule has 0 aliphatic carbocycles. The molecule has 122 valence electrons. The fourth-order valence-electron chi connectivity index (χ4n) is 3.21. The van der Waals surface area contributed by atoms with Crippen LogP contribution in [0.3, 0.4) is 0 Å². The quantitative estimate of drug-likeness (QED) is 0.841. The van der Waals surface area contributed by atoms with Crippen LogP contribution in [0, 0.1) is 12.8 Å². The predicted octanol–water partition coefficient (Wildman–Crippen LogP) is 1.81. The maximum absolute atomic E-state index is 12.5. The highest BCUT2D eigenvalue weighted by Gasteiger charge is 2.36. The van der Waals surface area contributed by atoms with Gasteiger partial charge in [0.15, 0.2) is 0 Å². The third-order valence-corrected chi connectivity index (χ3v) is 4.31. The van der Waals surface area contributed by atoms with Crippen molar-refractivity contribution in [1.29, 1.82) is 0 Å². The number of pyridine rings is 1. The number of carbonyl (C=O) groups excluding carboxylic acids is 1. The molecule has 6 nitrogen and oxygen atoms in total. The molecule has 0 saturated carbocycles. The Morgan fingerprint density at radius 3 is 2.83 bits per heavy atom. The maximum Gasteiger partial charge on any atom is 0.230 e. The Labute approximate surface area is 135 Å². The molecular weight excluding hydrogens is 294 g/mol. The van der Waals surface area contributed by atoms with E-state index in [4.69, 9.17) is 9.26 Å². The van der Waals surface area contributed by atoms with Crippen LogP contribution in [0.15, 0.2) is 35.1 Å². The molecule has 0 radical (unpaired) electrons. The van der Waals surface area contributed by atoms with Crippen molar-refractivity contribution in [2.24, 2.45) is 5.92 Å². The first-order valence-corrected chi connectivity index (χ1v) is 7.76. The third-order valence-electron chi connectivity index (χ3n) is 4.31. The lowest BCUT2D eigenvalue weighted by Gasteiger charge is -2.17. The summed E-state index contributed by atoms with van der Waals surface area (Å²) in [6, 6.07) is 5.84. The molecule has 0 aromatic carbocycles. The molecule has 0 bridgehead atoms. The van der Waals surface area contributed by atoms with E-state index in [-0.39, 0.29) is 18.2 Å². The van der Waals surface area contributed by atoms with Crippen LogP contribution in [0.4, 0.5) is 0 Å². The minimum absolute atomic E-state index is 0.0683. The highest BCUT2D eigenvalue weighted by molar-refractivity contribution is 5.78. The maximum atomic E-state index is 12.5. The molecule has 2 aromatic heterocycles. The average molecular weight is 315 g/mol. The average Bonchev–Trinajstić information content (AvgIpc) is 3.15. The Hall–Kier alpha value is -2.21. The molecule has 1 saturated heterocycles. The lowest BCUT2D eigenvalue weighted by Crippen LogP contribution is -2.30. The Morgan fingerprint density at radius 2 is 2.17 bits per heavy atom. The number of ether oxygens (including phenoxy) is 1. The number of rotatable bonds is 5. The van der Waals surface area contributed by atoms with E-state index in [1.807, 2.05) is 24.0 Å². The van der Waals surface area contributed by atoms with E-state index in [0.29, 0.717) is 31.4 Å². The summed E-state index contributed by atoms with van der Waals surface area (Å²) in [5.41, 5.74) is 1.99. The molecule has 2 aromatic rings. The van der Waals surface area contributed by atoms with Gasteiger partial charge in [0, 0.05) is 50.5 Å². The van der Waals surface area contributed by atoms with Gasteiger partial charge in [-0.15, -0.1) is 0 Å². The second-order valence-corrected chi connectivity index (χ2v) is 6.01. The molecule has 1 amide bonds. The summed E-state index contributed by atoms with van der Waals surface area (Å²) in [6.07, 6.45) is 3.84. The second kappa shape index (κ2) is 6.91. The van der Waals surface area contributed by atoms with Gasteiger partial charge in [0.05, 0.1) is 18.7 Å². The first kappa shape index (κ1) is 15.7. The highest BCUT2D eigenvalue weighted by Crippen LogP contribution is 2.33. The number of likely N-dealkylation sites (tertiary alicyclic amines) is 1. The molecule has 0 N–H and O–H groups in total. The van der Waals surface area contributed by atoms with Gasteiger partial charge in [0.2, 0.25) is 5.91 Å². The van der Waals surface area contributed by atoms with Crippen LogP contribution < -0.4 is 0 Å². The van der Waals surface area contributed by atoms with E-state index in [9.17, 15) is 4.79 Å². The van der Waals surface area contributed by atoms with Gasteiger partial charge >= 0.3 is 0 Å². The van der Waals surface area contributed by atoms with Gasteiger partial charge < -0.3 is 14.2 Å². The van der Waals surface area contributed by atoms with Crippen LogP contribution in [0.2, 0.25) is 0 Å². The van der Waals surface area contributed by atoms with Gasteiger partial charge in [-0.2, -0.15) is 0 Å². The summed E-state index contributed by atoms with van der Waals surface area (Å²) in [5, 5.41) is 3.83. The van der Waals surface area contributed by atoms with Crippen molar-refractivity contribution in [3.8, 4) is 0 Å². The first-order valence-electron chi connectivity index (χ1n) is 7.76. The van der Waals surface area contributed by atoms with Crippen molar-refractivity contribution in [2.75, 3.05) is 26.8 Å². The minimum Gasteiger partial charge on any atom is -0.384 e.